The lowest BCUT2D eigenvalue weighted by Gasteiger charge is -2.31. The van der Waals surface area contributed by atoms with Gasteiger partial charge in [-0.05, 0) is 96.9 Å². The number of fused-ring (bicyclic) bond motifs is 6. The van der Waals surface area contributed by atoms with Gasteiger partial charge in [-0.15, -0.1) is 0 Å². The average Bonchev–Trinajstić information content (AvgIpc) is 3.38. The molecule has 228 valence electrons. The van der Waals surface area contributed by atoms with Gasteiger partial charge in [-0.2, -0.15) is 0 Å². The molecule has 0 fully saturated rings. The summed E-state index contributed by atoms with van der Waals surface area (Å²) in [7, 11) is 0. The molecule has 0 saturated carbocycles. The fourth-order valence-corrected chi connectivity index (χ4v) is 7.96. The minimum Gasteiger partial charge on any atom is -0.310 e. The summed E-state index contributed by atoms with van der Waals surface area (Å²) < 4.78 is 0. The van der Waals surface area contributed by atoms with Crippen LogP contribution in [0.25, 0.3) is 54.9 Å². The second kappa shape index (κ2) is 11.1. The van der Waals surface area contributed by atoms with Crippen molar-refractivity contribution in [2.75, 3.05) is 4.90 Å². The summed E-state index contributed by atoms with van der Waals surface area (Å²) in [5, 5.41) is 5.03. The van der Waals surface area contributed by atoms with E-state index in [1.807, 2.05) is 0 Å². The highest BCUT2D eigenvalue weighted by Gasteiger charge is 2.36. The quantitative estimate of drug-likeness (QED) is 0.175. The molecule has 0 aromatic heterocycles. The van der Waals surface area contributed by atoms with Crippen molar-refractivity contribution in [3.63, 3.8) is 0 Å². The van der Waals surface area contributed by atoms with Crippen molar-refractivity contribution in [1.82, 2.24) is 0 Å². The van der Waals surface area contributed by atoms with E-state index in [2.05, 4.69) is 195 Å². The number of rotatable bonds is 5. The molecule has 9 rings (SSSR count). The second-order valence-corrected chi connectivity index (χ2v) is 13.3. The van der Waals surface area contributed by atoms with E-state index < -0.39 is 0 Å². The van der Waals surface area contributed by atoms with Gasteiger partial charge in [-0.1, -0.05) is 153 Å². The Kier molecular flexibility index (Phi) is 6.55. The standard InChI is InChI=1S/C47H35N/c1-47(2)43-26-14-13-24-40(43)41-29-28-35(31-44(41)47)48(34-19-7-4-8-20-34)45-27-15-25-37(32-16-5-3-6-17-32)46(45)42-30-33-18-9-10-21-36(33)38-22-11-12-23-39(38)42/h3-31H,1-2H3. The Morgan fingerprint density at radius 1 is 0.396 bits per heavy atom. The van der Waals surface area contributed by atoms with Crippen molar-refractivity contribution >= 4 is 38.6 Å². The summed E-state index contributed by atoms with van der Waals surface area (Å²) in [4.78, 5) is 2.46. The lowest BCUT2D eigenvalue weighted by molar-refractivity contribution is 0.660. The molecule has 0 amide bonds. The summed E-state index contributed by atoms with van der Waals surface area (Å²) in [6.45, 7) is 4.72. The number of anilines is 3. The predicted octanol–water partition coefficient (Wildman–Crippen LogP) is 13.1. The summed E-state index contributed by atoms with van der Waals surface area (Å²) >= 11 is 0. The fourth-order valence-electron chi connectivity index (χ4n) is 7.96. The van der Waals surface area contributed by atoms with Gasteiger partial charge in [0.1, 0.15) is 0 Å². The van der Waals surface area contributed by atoms with Crippen LogP contribution in [0, 0.1) is 0 Å². The summed E-state index contributed by atoms with van der Waals surface area (Å²) in [6, 6.07) is 64.4. The van der Waals surface area contributed by atoms with Crippen LogP contribution in [0.3, 0.4) is 0 Å². The molecule has 1 nitrogen and oxygen atoms in total. The van der Waals surface area contributed by atoms with Gasteiger partial charge >= 0.3 is 0 Å². The number of nitrogens with zero attached hydrogens (tertiary/aromatic N) is 1. The first kappa shape index (κ1) is 28.3. The maximum atomic E-state index is 2.46. The maximum Gasteiger partial charge on any atom is 0.0546 e. The SMILES string of the molecule is CC1(C)c2ccccc2-c2ccc(N(c3ccccc3)c3cccc(-c4ccccc4)c3-c3cc4ccccc4c4ccccc34)cc21. The molecule has 0 radical (unpaired) electrons. The van der Waals surface area contributed by atoms with E-state index in [9.17, 15) is 0 Å². The second-order valence-electron chi connectivity index (χ2n) is 13.3. The first-order valence-electron chi connectivity index (χ1n) is 16.8. The molecular weight excluding hydrogens is 579 g/mol. The summed E-state index contributed by atoms with van der Waals surface area (Å²) in [6.07, 6.45) is 0. The fraction of sp³-hybridized carbons (Fsp3) is 0.0638. The van der Waals surface area contributed by atoms with Gasteiger partial charge in [0.05, 0.1) is 5.69 Å². The van der Waals surface area contributed by atoms with Gasteiger partial charge in [-0.25, -0.2) is 0 Å². The topological polar surface area (TPSA) is 3.24 Å². The molecule has 0 atom stereocenters. The Balaban J connectivity index is 1.37. The largest absolute Gasteiger partial charge is 0.310 e. The zero-order valence-electron chi connectivity index (χ0n) is 27.2. The first-order valence-corrected chi connectivity index (χ1v) is 16.8. The molecule has 0 unspecified atom stereocenters. The molecule has 0 saturated heterocycles. The Hall–Kier alpha value is -5.92. The third-order valence-electron chi connectivity index (χ3n) is 10.2. The minimum absolute atomic E-state index is 0.104. The van der Waals surface area contributed by atoms with Crippen molar-refractivity contribution in [2.45, 2.75) is 19.3 Å². The van der Waals surface area contributed by atoms with Gasteiger partial charge in [0.2, 0.25) is 0 Å². The van der Waals surface area contributed by atoms with Crippen molar-refractivity contribution in [1.29, 1.82) is 0 Å². The smallest absolute Gasteiger partial charge is 0.0546 e. The van der Waals surface area contributed by atoms with Crippen LogP contribution in [-0.2, 0) is 5.41 Å². The third kappa shape index (κ3) is 4.39. The summed E-state index contributed by atoms with van der Waals surface area (Å²) in [5.74, 6) is 0. The van der Waals surface area contributed by atoms with E-state index in [0.29, 0.717) is 0 Å². The van der Waals surface area contributed by atoms with E-state index in [0.717, 1.165) is 17.1 Å². The average molecular weight is 614 g/mol. The van der Waals surface area contributed by atoms with Gasteiger partial charge in [0.25, 0.3) is 0 Å². The number of hydrogen-bond donors (Lipinski definition) is 0. The van der Waals surface area contributed by atoms with Crippen LogP contribution in [0.4, 0.5) is 17.1 Å². The molecule has 0 spiro atoms. The molecule has 48 heavy (non-hydrogen) atoms. The van der Waals surface area contributed by atoms with E-state index in [-0.39, 0.29) is 5.41 Å². The Morgan fingerprint density at radius 2 is 1.02 bits per heavy atom. The van der Waals surface area contributed by atoms with Crippen LogP contribution in [0.5, 0.6) is 0 Å². The monoisotopic (exact) mass is 613 g/mol. The lowest BCUT2D eigenvalue weighted by atomic mass is 9.82. The molecular formula is C47H35N. The van der Waals surface area contributed by atoms with Crippen molar-refractivity contribution < 1.29 is 0 Å². The molecule has 0 bridgehead atoms. The number of benzene rings is 8. The van der Waals surface area contributed by atoms with Gasteiger partial charge in [0.15, 0.2) is 0 Å². The van der Waals surface area contributed by atoms with Gasteiger partial charge in [-0.3, -0.25) is 0 Å². The van der Waals surface area contributed by atoms with Gasteiger partial charge in [0, 0.05) is 22.4 Å². The number of hydrogen-bond acceptors (Lipinski definition) is 1. The van der Waals surface area contributed by atoms with E-state index in [1.54, 1.807) is 0 Å². The normalized spacial score (nSPS) is 13.0. The van der Waals surface area contributed by atoms with Crippen LogP contribution < -0.4 is 4.90 Å². The van der Waals surface area contributed by atoms with Crippen LogP contribution in [0.15, 0.2) is 176 Å². The Bertz CT molecular complexity index is 2470. The molecule has 0 heterocycles. The highest BCUT2D eigenvalue weighted by molar-refractivity contribution is 6.16. The Labute approximate surface area is 282 Å². The highest BCUT2D eigenvalue weighted by atomic mass is 15.1. The van der Waals surface area contributed by atoms with E-state index in [4.69, 9.17) is 0 Å². The minimum atomic E-state index is -0.104. The van der Waals surface area contributed by atoms with E-state index in [1.165, 1.54) is 66.1 Å². The molecule has 1 aliphatic rings. The maximum absolute atomic E-state index is 2.46. The molecule has 8 aromatic rings. The third-order valence-corrected chi connectivity index (χ3v) is 10.2. The zero-order chi connectivity index (χ0) is 32.2. The molecule has 8 aromatic carbocycles. The van der Waals surface area contributed by atoms with Crippen LogP contribution in [0.1, 0.15) is 25.0 Å². The lowest BCUT2D eigenvalue weighted by Crippen LogP contribution is -2.17. The Morgan fingerprint density at radius 3 is 1.83 bits per heavy atom. The van der Waals surface area contributed by atoms with Crippen LogP contribution in [0.2, 0.25) is 0 Å². The zero-order valence-corrected chi connectivity index (χ0v) is 27.2. The number of para-hydroxylation sites is 1. The molecule has 1 aliphatic carbocycles. The van der Waals surface area contributed by atoms with Crippen molar-refractivity contribution in [2.24, 2.45) is 0 Å². The molecule has 0 N–H and O–H groups in total. The molecule has 0 aliphatic heterocycles. The first-order chi connectivity index (χ1) is 23.6. The predicted molar refractivity (Wildman–Crippen MR) is 205 cm³/mol. The highest BCUT2D eigenvalue weighted by Crippen LogP contribution is 2.52. The summed E-state index contributed by atoms with van der Waals surface area (Å²) in [5.41, 5.74) is 13.6. The van der Waals surface area contributed by atoms with Gasteiger partial charge < -0.3 is 4.90 Å². The van der Waals surface area contributed by atoms with Crippen molar-refractivity contribution in [3.8, 4) is 33.4 Å². The van der Waals surface area contributed by atoms with E-state index >= 15 is 0 Å². The molecule has 1 heteroatoms. The van der Waals surface area contributed by atoms with Crippen LogP contribution in [-0.4, -0.2) is 0 Å². The van der Waals surface area contributed by atoms with Crippen molar-refractivity contribution in [3.05, 3.63) is 187 Å². The van der Waals surface area contributed by atoms with Crippen LogP contribution >= 0.6 is 0 Å².